The average Bonchev–Trinajstić information content (AvgIpc) is 3.04. The van der Waals surface area contributed by atoms with Crippen LogP contribution < -0.4 is 4.74 Å². The van der Waals surface area contributed by atoms with E-state index in [-0.39, 0.29) is 12.4 Å². The zero-order valence-corrected chi connectivity index (χ0v) is 15.3. The van der Waals surface area contributed by atoms with Gasteiger partial charge in [0.2, 0.25) is 0 Å². The first kappa shape index (κ1) is 17.7. The molecular weight excluding hydrogens is 330 g/mol. The fraction of sp³-hybridized carbons (Fsp3) is 0.238. The number of rotatable bonds is 5. The largest absolute Gasteiger partial charge is 0.497 e. The van der Waals surface area contributed by atoms with Crippen LogP contribution in [0.2, 0.25) is 0 Å². The molecule has 134 valence electrons. The molecule has 0 N–H and O–H groups in total. The summed E-state index contributed by atoms with van der Waals surface area (Å²) < 4.78 is 12.2. The minimum absolute atomic E-state index is 0.101. The molecule has 0 atom stereocenters. The topological polar surface area (TPSA) is 57.0 Å². The van der Waals surface area contributed by atoms with E-state index >= 15 is 0 Å². The van der Waals surface area contributed by atoms with Crippen LogP contribution in [0.25, 0.3) is 16.6 Å². The quantitative estimate of drug-likeness (QED) is 0.508. The third kappa shape index (κ3) is 2.96. The Balaban J connectivity index is 2.26. The molecule has 1 aromatic carbocycles. The Morgan fingerprint density at radius 2 is 1.81 bits per heavy atom. The average molecular weight is 351 g/mol. The second-order valence-corrected chi connectivity index (χ2v) is 6.02. The minimum atomic E-state index is -0.420. The van der Waals surface area contributed by atoms with E-state index < -0.39 is 5.97 Å². The summed E-state index contributed by atoms with van der Waals surface area (Å²) in [6.07, 6.45) is 1.85. The molecule has 26 heavy (non-hydrogen) atoms. The molecule has 2 aromatic heterocycles. The molecule has 0 unspecified atom stereocenters. The number of carbonyl (C=O) groups excluding carboxylic acids is 2. The van der Waals surface area contributed by atoms with Crippen LogP contribution in [0.4, 0.5) is 0 Å². The molecule has 0 aliphatic carbocycles. The van der Waals surface area contributed by atoms with Crippen molar-refractivity contribution in [2.45, 2.75) is 20.8 Å². The van der Waals surface area contributed by atoms with E-state index in [1.54, 1.807) is 27.0 Å². The monoisotopic (exact) mass is 351 g/mol. The molecule has 3 aromatic rings. The minimum Gasteiger partial charge on any atom is -0.497 e. The highest BCUT2D eigenvalue weighted by Crippen LogP contribution is 2.31. The molecule has 0 bridgehead atoms. The summed E-state index contributed by atoms with van der Waals surface area (Å²) in [5, 5.41) is 0. The number of benzene rings is 1. The molecular formula is C21H21NO4. The zero-order valence-electron chi connectivity index (χ0n) is 15.3. The standard InChI is InChI=1S/C21H21NO4/c1-5-26-21(24)18-12-19-17(15-6-8-16(25-4)9-7-15)10-11-22(19)20(13(18)2)14(3)23/h6-12H,5H2,1-4H3. The SMILES string of the molecule is CCOC(=O)c1cc2c(-c3ccc(OC)cc3)ccn2c(C(C)=O)c1C. The zero-order chi connectivity index (χ0) is 18.8. The van der Waals surface area contributed by atoms with Gasteiger partial charge in [-0.1, -0.05) is 12.1 Å². The highest BCUT2D eigenvalue weighted by Gasteiger charge is 2.21. The van der Waals surface area contributed by atoms with Gasteiger partial charge in [-0.15, -0.1) is 0 Å². The van der Waals surface area contributed by atoms with Gasteiger partial charge in [-0.05, 0) is 49.2 Å². The Labute approximate surface area is 152 Å². The van der Waals surface area contributed by atoms with Crippen molar-refractivity contribution in [3.05, 3.63) is 59.4 Å². The van der Waals surface area contributed by atoms with Crippen molar-refractivity contribution in [2.24, 2.45) is 0 Å². The first-order valence-corrected chi connectivity index (χ1v) is 8.45. The van der Waals surface area contributed by atoms with Gasteiger partial charge in [0, 0.05) is 18.7 Å². The number of methoxy groups -OCH3 is 1. The third-order valence-corrected chi connectivity index (χ3v) is 4.44. The maximum absolute atomic E-state index is 12.4. The maximum atomic E-state index is 12.4. The Morgan fingerprint density at radius 1 is 1.12 bits per heavy atom. The summed E-state index contributed by atoms with van der Waals surface area (Å²) in [7, 11) is 1.62. The molecule has 5 heteroatoms. The second kappa shape index (κ2) is 7.04. The van der Waals surface area contributed by atoms with Crippen molar-refractivity contribution in [2.75, 3.05) is 13.7 Å². The number of hydrogen-bond acceptors (Lipinski definition) is 4. The Hall–Kier alpha value is -3.08. The van der Waals surface area contributed by atoms with E-state index in [4.69, 9.17) is 9.47 Å². The number of Topliss-reactive ketones (excluding diaryl/α,β-unsaturated/α-hetero) is 1. The van der Waals surface area contributed by atoms with Crippen LogP contribution in [0.1, 0.15) is 40.3 Å². The highest BCUT2D eigenvalue weighted by atomic mass is 16.5. The lowest BCUT2D eigenvalue weighted by atomic mass is 10.0. The fourth-order valence-electron chi connectivity index (χ4n) is 3.21. The van der Waals surface area contributed by atoms with Crippen LogP contribution in [0.15, 0.2) is 42.6 Å². The van der Waals surface area contributed by atoms with Crippen LogP contribution in [0, 0.1) is 6.92 Å². The van der Waals surface area contributed by atoms with Crippen molar-refractivity contribution in [1.82, 2.24) is 4.40 Å². The molecule has 0 saturated heterocycles. The van der Waals surface area contributed by atoms with Gasteiger partial charge in [-0.3, -0.25) is 4.79 Å². The Bertz CT molecular complexity index is 983. The van der Waals surface area contributed by atoms with Crippen LogP contribution in [-0.2, 0) is 4.74 Å². The summed E-state index contributed by atoms with van der Waals surface area (Å²) in [4.78, 5) is 24.6. The smallest absolute Gasteiger partial charge is 0.338 e. The van der Waals surface area contributed by atoms with Gasteiger partial charge in [0.05, 0.1) is 30.5 Å². The first-order chi connectivity index (χ1) is 12.5. The summed E-state index contributed by atoms with van der Waals surface area (Å²) in [5.41, 5.74) is 4.22. The van der Waals surface area contributed by atoms with Crippen molar-refractivity contribution in [1.29, 1.82) is 0 Å². The summed E-state index contributed by atoms with van der Waals surface area (Å²) in [6, 6.07) is 11.4. The predicted octanol–water partition coefficient (Wildman–Crippen LogP) is 4.30. The summed E-state index contributed by atoms with van der Waals surface area (Å²) >= 11 is 0. The number of nitrogens with zero attached hydrogens (tertiary/aromatic N) is 1. The number of fused-ring (bicyclic) bond motifs is 1. The molecule has 0 amide bonds. The van der Waals surface area contributed by atoms with Gasteiger partial charge in [0.25, 0.3) is 0 Å². The molecule has 0 aliphatic heterocycles. The second-order valence-electron chi connectivity index (χ2n) is 6.02. The van der Waals surface area contributed by atoms with Gasteiger partial charge in [-0.2, -0.15) is 0 Å². The lowest BCUT2D eigenvalue weighted by Crippen LogP contribution is -2.13. The molecule has 0 saturated carbocycles. The molecule has 0 spiro atoms. The molecule has 2 heterocycles. The summed E-state index contributed by atoms with van der Waals surface area (Å²) in [6.45, 7) is 5.32. The van der Waals surface area contributed by atoms with Gasteiger partial charge < -0.3 is 13.9 Å². The van der Waals surface area contributed by atoms with Crippen molar-refractivity contribution >= 4 is 17.3 Å². The number of carbonyl (C=O) groups is 2. The summed E-state index contributed by atoms with van der Waals surface area (Å²) in [5.74, 6) is 0.247. The number of esters is 1. The van der Waals surface area contributed by atoms with Crippen LogP contribution in [-0.4, -0.2) is 29.9 Å². The highest BCUT2D eigenvalue weighted by molar-refractivity contribution is 6.02. The predicted molar refractivity (Wildman–Crippen MR) is 100 cm³/mol. The van der Waals surface area contributed by atoms with E-state index in [0.29, 0.717) is 16.8 Å². The van der Waals surface area contributed by atoms with Crippen LogP contribution in [0.5, 0.6) is 5.75 Å². The number of aromatic nitrogens is 1. The van der Waals surface area contributed by atoms with Crippen molar-refractivity contribution < 1.29 is 19.1 Å². The van der Waals surface area contributed by atoms with Crippen LogP contribution >= 0.6 is 0 Å². The Morgan fingerprint density at radius 3 is 2.38 bits per heavy atom. The lowest BCUT2D eigenvalue weighted by molar-refractivity contribution is 0.0525. The lowest BCUT2D eigenvalue weighted by Gasteiger charge is -2.13. The number of ketones is 1. The van der Waals surface area contributed by atoms with Gasteiger partial charge in [0.15, 0.2) is 5.78 Å². The number of ether oxygens (including phenoxy) is 2. The van der Waals surface area contributed by atoms with E-state index in [0.717, 1.165) is 22.4 Å². The molecule has 3 rings (SSSR count). The van der Waals surface area contributed by atoms with E-state index in [2.05, 4.69) is 0 Å². The first-order valence-electron chi connectivity index (χ1n) is 8.45. The Kier molecular flexibility index (Phi) is 4.80. The van der Waals surface area contributed by atoms with Gasteiger partial charge in [-0.25, -0.2) is 4.79 Å². The molecule has 0 fully saturated rings. The fourth-order valence-corrected chi connectivity index (χ4v) is 3.21. The van der Waals surface area contributed by atoms with Crippen molar-refractivity contribution in [3.63, 3.8) is 0 Å². The normalized spacial score (nSPS) is 10.8. The van der Waals surface area contributed by atoms with E-state index in [1.165, 1.54) is 6.92 Å². The van der Waals surface area contributed by atoms with Gasteiger partial charge in [0.1, 0.15) is 5.75 Å². The molecule has 0 radical (unpaired) electrons. The van der Waals surface area contributed by atoms with Crippen LogP contribution in [0.3, 0.4) is 0 Å². The van der Waals surface area contributed by atoms with E-state index in [1.807, 2.05) is 40.9 Å². The third-order valence-electron chi connectivity index (χ3n) is 4.44. The van der Waals surface area contributed by atoms with E-state index in [9.17, 15) is 9.59 Å². The van der Waals surface area contributed by atoms with Gasteiger partial charge >= 0.3 is 5.97 Å². The maximum Gasteiger partial charge on any atom is 0.338 e. The molecule has 5 nitrogen and oxygen atoms in total. The number of hydrogen-bond donors (Lipinski definition) is 0. The molecule has 0 aliphatic rings. The van der Waals surface area contributed by atoms with Crippen molar-refractivity contribution in [3.8, 4) is 16.9 Å². The number of pyridine rings is 1.